The van der Waals surface area contributed by atoms with Crippen molar-refractivity contribution in [1.29, 1.82) is 5.26 Å². The molecule has 0 saturated heterocycles. The largest absolute Gasteiger partial charge is 0.321 e. The van der Waals surface area contributed by atoms with E-state index < -0.39 is 0 Å². The van der Waals surface area contributed by atoms with Crippen molar-refractivity contribution in [2.24, 2.45) is 0 Å². The van der Waals surface area contributed by atoms with Crippen molar-refractivity contribution in [3.63, 3.8) is 0 Å². The Morgan fingerprint density at radius 3 is 2.94 bits per heavy atom. The van der Waals surface area contributed by atoms with Crippen LogP contribution in [0.3, 0.4) is 0 Å². The number of carbonyl (C=O) groups excluding carboxylic acids is 1. The van der Waals surface area contributed by atoms with E-state index in [1.165, 1.54) is 11.3 Å². The molecule has 2 rings (SSSR count). The summed E-state index contributed by atoms with van der Waals surface area (Å²) >= 11 is 7.03. The van der Waals surface area contributed by atoms with Crippen LogP contribution in [-0.2, 0) is 0 Å². The van der Waals surface area contributed by atoms with E-state index in [-0.39, 0.29) is 5.15 Å². The van der Waals surface area contributed by atoms with E-state index in [1.54, 1.807) is 30.1 Å². The number of hydrogen-bond acceptors (Lipinski definition) is 5. The van der Waals surface area contributed by atoms with Gasteiger partial charge in [0.25, 0.3) is 0 Å². The number of nitrogens with zero attached hydrogens (tertiary/aromatic N) is 3. The first kappa shape index (κ1) is 12.6. The quantitative estimate of drug-likeness (QED) is 0.808. The normalized spacial score (nSPS) is 9.83. The second-order valence-corrected chi connectivity index (χ2v) is 4.86. The van der Waals surface area contributed by atoms with E-state index in [9.17, 15) is 4.79 Å². The molecule has 90 valence electrons. The fourth-order valence-corrected chi connectivity index (χ4v) is 2.46. The molecule has 18 heavy (non-hydrogen) atoms. The number of thiazole rings is 1. The van der Waals surface area contributed by atoms with Crippen LogP contribution >= 0.6 is 22.9 Å². The van der Waals surface area contributed by atoms with Crippen LogP contribution in [0.5, 0.6) is 0 Å². The van der Waals surface area contributed by atoms with Crippen molar-refractivity contribution in [3.8, 4) is 6.07 Å². The maximum atomic E-state index is 10.7. The van der Waals surface area contributed by atoms with Gasteiger partial charge in [0, 0.05) is 12.7 Å². The second kappa shape index (κ2) is 5.17. The lowest BCUT2D eigenvalue weighted by Crippen LogP contribution is -2.08. The van der Waals surface area contributed by atoms with Gasteiger partial charge in [0.05, 0.1) is 11.6 Å². The monoisotopic (exact) mass is 277 g/mol. The molecule has 0 aliphatic rings. The second-order valence-electron chi connectivity index (χ2n) is 3.49. The highest BCUT2D eigenvalue weighted by Gasteiger charge is 2.13. The molecule has 0 radical (unpaired) electrons. The molecular weight excluding hydrogens is 270 g/mol. The van der Waals surface area contributed by atoms with Crippen LogP contribution in [0.15, 0.2) is 24.3 Å². The minimum absolute atomic E-state index is 0.202. The number of benzene rings is 1. The van der Waals surface area contributed by atoms with Gasteiger partial charge in [-0.25, -0.2) is 4.98 Å². The van der Waals surface area contributed by atoms with Crippen LogP contribution in [0.1, 0.15) is 15.2 Å². The first-order valence-electron chi connectivity index (χ1n) is 5.01. The lowest BCUT2D eigenvalue weighted by atomic mass is 10.2. The first-order chi connectivity index (χ1) is 8.65. The molecule has 0 N–H and O–H groups in total. The van der Waals surface area contributed by atoms with E-state index in [0.29, 0.717) is 21.9 Å². The third kappa shape index (κ3) is 2.35. The van der Waals surface area contributed by atoms with Gasteiger partial charge in [-0.15, -0.1) is 0 Å². The summed E-state index contributed by atoms with van der Waals surface area (Å²) < 4.78 is 0. The molecule has 4 nitrogen and oxygen atoms in total. The summed E-state index contributed by atoms with van der Waals surface area (Å²) in [6.45, 7) is 0. The number of rotatable bonds is 3. The van der Waals surface area contributed by atoms with Gasteiger partial charge in [-0.2, -0.15) is 5.26 Å². The van der Waals surface area contributed by atoms with Crippen molar-refractivity contribution < 1.29 is 4.79 Å². The number of hydrogen-bond donors (Lipinski definition) is 0. The highest BCUT2D eigenvalue weighted by molar-refractivity contribution is 7.17. The molecule has 6 heteroatoms. The van der Waals surface area contributed by atoms with Gasteiger partial charge in [-0.05, 0) is 18.2 Å². The SMILES string of the molecule is CN(c1cccc(C#N)c1)c1nc(Cl)c(C=O)s1. The van der Waals surface area contributed by atoms with Gasteiger partial charge in [0.1, 0.15) is 4.88 Å². The molecule has 1 aromatic carbocycles. The lowest BCUT2D eigenvalue weighted by Gasteiger charge is -2.15. The zero-order valence-corrected chi connectivity index (χ0v) is 11.0. The molecule has 0 bridgehead atoms. The third-order valence-corrected chi connectivity index (χ3v) is 3.81. The van der Waals surface area contributed by atoms with Gasteiger partial charge >= 0.3 is 0 Å². The van der Waals surface area contributed by atoms with E-state index in [1.807, 2.05) is 6.07 Å². The Morgan fingerprint density at radius 1 is 1.56 bits per heavy atom. The molecule has 0 amide bonds. The summed E-state index contributed by atoms with van der Waals surface area (Å²) in [5.41, 5.74) is 1.38. The molecule has 0 aliphatic heterocycles. The minimum atomic E-state index is 0.202. The zero-order valence-electron chi connectivity index (χ0n) is 9.42. The van der Waals surface area contributed by atoms with Gasteiger partial charge in [-0.3, -0.25) is 4.79 Å². The molecule has 0 spiro atoms. The number of aldehydes is 1. The molecule has 0 unspecified atom stereocenters. The van der Waals surface area contributed by atoms with Crippen LogP contribution < -0.4 is 4.90 Å². The molecule has 0 aliphatic carbocycles. The van der Waals surface area contributed by atoms with Crippen LogP contribution in [0.4, 0.5) is 10.8 Å². The molecule has 1 heterocycles. The highest BCUT2D eigenvalue weighted by atomic mass is 35.5. The lowest BCUT2D eigenvalue weighted by molar-refractivity contribution is 0.112. The van der Waals surface area contributed by atoms with Crippen molar-refractivity contribution in [2.45, 2.75) is 0 Å². The summed E-state index contributed by atoms with van der Waals surface area (Å²) in [6.07, 6.45) is 0.684. The molecule has 1 aromatic heterocycles. The Hall–Kier alpha value is -1.90. The number of anilines is 2. The molecular formula is C12H8ClN3OS. The summed E-state index contributed by atoms with van der Waals surface area (Å²) in [4.78, 5) is 17.0. The van der Waals surface area contributed by atoms with Crippen LogP contribution in [0.25, 0.3) is 0 Å². The number of aromatic nitrogens is 1. The minimum Gasteiger partial charge on any atom is -0.321 e. The summed E-state index contributed by atoms with van der Waals surface area (Å²) in [5.74, 6) is 0. The number of halogens is 1. The Morgan fingerprint density at radius 2 is 2.33 bits per heavy atom. The predicted molar refractivity (Wildman–Crippen MR) is 71.7 cm³/mol. The number of nitriles is 1. The fraction of sp³-hybridized carbons (Fsp3) is 0.0833. The Labute approximate surface area is 113 Å². The summed E-state index contributed by atoms with van der Waals surface area (Å²) in [7, 11) is 1.81. The van der Waals surface area contributed by atoms with Crippen LogP contribution in [0.2, 0.25) is 5.15 Å². The van der Waals surface area contributed by atoms with Crippen LogP contribution in [-0.4, -0.2) is 18.3 Å². The third-order valence-electron chi connectivity index (χ3n) is 2.35. The predicted octanol–water partition coefficient (Wildman–Crippen LogP) is 3.25. The van der Waals surface area contributed by atoms with Crippen molar-refractivity contribution in [3.05, 3.63) is 39.9 Å². The maximum absolute atomic E-state index is 10.7. The van der Waals surface area contributed by atoms with Gasteiger partial charge in [0.15, 0.2) is 16.6 Å². The van der Waals surface area contributed by atoms with Gasteiger partial charge in [-0.1, -0.05) is 29.0 Å². The molecule has 2 aromatic rings. The van der Waals surface area contributed by atoms with E-state index in [2.05, 4.69) is 11.1 Å². The highest BCUT2D eigenvalue weighted by Crippen LogP contribution is 2.32. The molecule has 0 fully saturated rings. The standard InChI is InChI=1S/C12H8ClN3OS/c1-16(9-4-2-3-8(5-9)6-14)12-15-11(13)10(7-17)18-12/h2-5,7H,1H3. The molecule has 0 saturated carbocycles. The average molecular weight is 278 g/mol. The first-order valence-corrected chi connectivity index (χ1v) is 6.20. The van der Waals surface area contributed by atoms with Crippen molar-refractivity contribution in [2.75, 3.05) is 11.9 Å². The average Bonchev–Trinajstić information content (AvgIpc) is 2.79. The Balaban J connectivity index is 2.38. The van der Waals surface area contributed by atoms with Crippen molar-refractivity contribution >= 4 is 40.0 Å². The summed E-state index contributed by atoms with van der Waals surface area (Å²) in [5, 5.41) is 9.66. The topological polar surface area (TPSA) is 57.0 Å². The Bertz CT molecular complexity index is 632. The van der Waals surface area contributed by atoms with E-state index >= 15 is 0 Å². The van der Waals surface area contributed by atoms with Crippen molar-refractivity contribution in [1.82, 2.24) is 4.98 Å². The van der Waals surface area contributed by atoms with Gasteiger partial charge in [0.2, 0.25) is 0 Å². The van der Waals surface area contributed by atoms with E-state index in [0.717, 1.165) is 5.69 Å². The zero-order chi connectivity index (χ0) is 13.1. The van der Waals surface area contributed by atoms with Gasteiger partial charge < -0.3 is 4.90 Å². The molecule has 0 atom stereocenters. The number of carbonyl (C=O) groups is 1. The summed E-state index contributed by atoms with van der Waals surface area (Å²) in [6, 6.07) is 9.20. The fourth-order valence-electron chi connectivity index (χ4n) is 1.41. The maximum Gasteiger partial charge on any atom is 0.191 e. The Kier molecular flexibility index (Phi) is 3.60. The van der Waals surface area contributed by atoms with Crippen LogP contribution in [0, 0.1) is 11.3 Å². The smallest absolute Gasteiger partial charge is 0.191 e. The van der Waals surface area contributed by atoms with E-state index in [4.69, 9.17) is 16.9 Å².